The molecule has 1 aliphatic rings. The van der Waals surface area contributed by atoms with Crippen molar-refractivity contribution >= 4 is 23.2 Å². The summed E-state index contributed by atoms with van der Waals surface area (Å²) in [5, 5.41) is 0. The van der Waals surface area contributed by atoms with Gasteiger partial charge in [0.2, 0.25) is 0 Å². The van der Waals surface area contributed by atoms with Crippen LogP contribution in [0.15, 0.2) is 24.3 Å². The van der Waals surface area contributed by atoms with Gasteiger partial charge in [-0.2, -0.15) is 0 Å². The van der Waals surface area contributed by atoms with Gasteiger partial charge in [0.1, 0.15) is 0 Å². The summed E-state index contributed by atoms with van der Waals surface area (Å²) in [4.78, 5) is 0. The summed E-state index contributed by atoms with van der Waals surface area (Å²) in [5.41, 5.74) is 9.86. The van der Waals surface area contributed by atoms with E-state index in [1.807, 2.05) is 0 Å². The summed E-state index contributed by atoms with van der Waals surface area (Å²) in [6.45, 7) is 27.4. The first-order valence-corrected chi connectivity index (χ1v) is 12.2. The van der Waals surface area contributed by atoms with Crippen LogP contribution in [-0.2, 0) is 26.0 Å². The van der Waals surface area contributed by atoms with Crippen molar-refractivity contribution in [2.75, 3.05) is 0 Å². The molecule has 0 aliphatic heterocycles. The molecule has 0 unspecified atom stereocenters. The highest BCUT2D eigenvalue weighted by Gasteiger charge is 2.44. The Kier molecular flexibility index (Phi) is 5.57. The molecule has 0 saturated heterocycles. The molecule has 2 aromatic rings. The Balaban J connectivity index is 2.46. The van der Waals surface area contributed by atoms with Gasteiger partial charge < -0.3 is 0 Å². The third kappa shape index (κ3) is 4.20. The first-order chi connectivity index (χ1) is 13.7. The van der Waals surface area contributed by atoms with Gasteiger partial charge in [0, 0.05) is 11.1 Å². The Labute approximate surface area is 200 Å². The third-order valence-electron chi connectivity index (χ3n) is 6.51. The predicted molar refractivity (Wildman–Crippen MR) is 139 cm³/mol. The molecule has 2 heteroatoms. The Morgan fingerprint density at radius 3 is 0.903 bits per heavy atom. The predicted octanol–water partition coefficient (Wildman–Crippen LogP) is 9.54. The molecule has 170 valence electrons. The number of hydrogen-bond donors (Lipinski definition) is 0. The third-order valence-corrected chi connectivity index (χ3v) is 7.33. The molecular formula is C29H40Cl2. The molecule has 0 heterocycles. The van der Waals surface area contributed by atoms with E-state index in [2.05, 4.69) is 107 Å². The lowest BCUT2D eigenvalue weighted by atomic mass is 9.73. The van der Waals surface area contributed by atoms with Gasteiger partial charge in [-0.1, -0.05) is 118 Å². The Morgan fingerprint density at radius 1 is 0.452 bits per heavy atom. The van der Waals surface area contributed by atoms with E-state index in [1.165, 1.54) is 33.4 Å². The molecule has 0 aromatic heterocycles. The van der Waals surface area contributed by atoms with Gasteiger partial charge in [-0.3, -0.25) is 0 Å². The van der Waals surface area contributed by atoms with Crippen molar-refractivity contribution < 1.29 is 0 Å². The quantitative estimate of drug-likeness (QED) is 0.344. The lowest BCUT2D eigenvalue weighted by Crippen LogP contribution is -2.23. The highest BCUT2D eigenvalue weighted by molar-refractivity contribution is 6.51. The van der Waals surface area contributed by atoms with E-state index in [9.17, 15) is 0 Å². The molecule has 0 nitrogen and oxygen atoms in total. The van der Waals surface area contributed by atoms with Gasteiger partial charge in [-0.25, -0.2) is 0 Å². The van der Waals surface area contributed by atoms with Crippen LogP contribution in [0.3, 0.4) is 0 Å². The fourth-order valence-corrected chi connectivity index (χ4v) is 5.42. The maximum atomic E-state index is 7.17. The van der Waals surface area contributed by atoms with Crippen molar-refractivity contribution in [3.05, 3.63) is 57.6 Å². The molecule has 0 saturated carbocycles. The Hall–Kier alpha value is -0.980. The maximum Gasteiger partial charge on any atom is 0.169 e. The van der Waals surface area contributed by atoms with Gasteiger partial charge in [0.25, 0.3) is 0 Å². The first-order valence-electron chi connectivity index (χ1n) is 11.4. The summed E-state index contributed by atoms with van der Waals surface area (Å²) >= 11 is 14.3. The van der Waals surface area contributed by atoms with Crippen LogP contribution in [0.2, 0.25) is 0 Å². The second-order valence-corrected chi connectivity index (χ2v) is 14.8. The monoisotopic (exact) mass is 458 g/mol. The minimum Gasteiger partial charge on any atom is -0.0909 e. The average Bonchev–Trinajstić information content (AvgIpc) is 2.77. The van der Waals surface area contributed by atoms with Crippen LogP contribution in [0.25, 0.3) is 11.1 Å². The molecule has 0 spiro atoms. The van der Waals surface area contributed by atoms with Crippen LogP contribution in [0.5, 0.6) is 0 Å². The lowest BCUT2D eigenvalue weighted by Gasteiger charge is -2.32. The number of rotatable bonds is 0. The van der Waals surface area contributed by atoms with E-state index in [1.54, 1.807) is 0 Å². The average molecular weight is 460 g/mol. The number of alkyl halides is 2. The normalized spacial score (nSPS) is 16.3. The summed E-state index contributed by atoms with van der Waals surface area (Å²) in [7, 11) is 0. The second-order valence-electron chi connectivity index (χ2n) is 13.5. The van der Waals surface area contributed by atoms with Gasteiger partial charge in [0.15, 0.2) is 4.33 Å². The van der Waals surface area contributed by atoms with E-state index >= 15 is 0 Å². The highest BCUT2D eigenvalue weighted by atomic mass is 35.5. The van der Waals surface area contributed by atoms with Crippen LogP contribution in [-0.4, -0.2) is 0 Å². The lowest BCUT2D eigenvalue weighted by molar-refractivity contribution is 0.530. The molecule has 0 bridgehead atoms. The number of halogens is 2. The number of hydrogen-bond acceptors (Lipinski definition) is 0. The molecule has 1 aliphatic carbocycles. The van der Waals surface area contributed by atoms with Crippen LogP contribution < -0.4 is 0 Å². The molecule has 0 radical (unpaired) electrons. The molecule has 2 aromatic carbocycles. The van der Waals surface area contributed by atoms with Crippen molar-refractivity contribution in [1.82, 2.24) is 0 Å². The zero-order valence-electron chi connectivity index (χ0n) is 21.6. The summed E-state index contributed by atoms with van der Waals surface area (Å²) in [6, 6.07) is 9.29. The van der Waals surface area contributed by atoms with Crippen molar-refractivity contribution in [3.8, 4) is 11.1 Å². The van der Waals surface area contributed by atoms with E-state index < -0.39 is 4.33 Å². The van der Waals surface area contributed by atoms with Crippen molar-refractivity contribution in [1.29, 1.82) is 0 Å². The highest BCUT2D eigenvalue weighted by Crippen LogP contribution is 2.57. The van der Waals surface area contributed by atoms with E-state index in [0.717, 1.165) is 11.1 Å². The summed E-state index contributed by atoms with van der Waals surface area (Å²) < 4.78 is -1.04. The summed E-state index contributed by atoms with van der Waals surface area (Å²) in [5.74, 6) is 0. The fourth-order valence-electron chi connectivity index (χ4n) is 4.79. The second kappa shape index (κ2) is 7.01. The van der Waals surface area contributed by atoms with E-state index in [-0.39, 0.29) is 21.7 Å². The van der Waals surface area contributed by atoms with Crippen molar-refractivity contribution in [2.24, 2.45) is 0 Å². The zero-order chi connectivity index (χ0) is 23.9. The minimum atomic E-state index is -1.04. The Bertz CT molecular complexity index is 943. The fraction of sp³-hybridized carbons (Fsp3) is 0.586. The van der Waals surface area contributed by atoms with Gasteiger partial charge in [-0.05, 0) is 67.2 Å². The van der Waals surface area contributed by atoms with Crippen LogP contribution >= 0.6 is 23.2 Å². The first kappa shape index (κ1) is 24.7. The standard InChI is InChI=1S/C29H40Cl2/c1-25(2,3)21-13-17-18-14-22(26(4,5)6)24(28(10,11)12)16-20(18)29(30,31)19(17)15-23(21)27(7,8)9/h13-16H,1-12H3. The number of benzene rings is 2. The largest absolute Gasteiger partial charge is 0.169 e. The van der Waals surface area contributed by atoms with E-state index in [4.69, 9.17) is 23.2 Å². The summed E-state index contributed by atoms with van der Waals surface area (Å²) in [6.07, 6.45) is 0. The van der Waals surface area contributed by atoms with Crippen molar-refractivity contribution in [3.63, 3.8) is 0 Å². The molecule has 3 rings (SSSR count). The molecular weight excluding hydrogens is 419 g/mol. The molecule has 31 heavy (non-hydrogen) atoms. The van der Waals surface area contributed by atoms with Crippen molar-refractivity contribution in [2.45, 2.75) is 109 Å². The molecule has 0 N–H and O–H groups in total. The molecule has 0 atom stereocenters. The van der Waals surface area contributed by atoms with Crippen LogP contribution in [0.4, 0.5) is 0 Å². The van der Waals surface area contributed by atoms with Gasteiger partial charge >= 0.3 is 0 Å². The Morgan fingerprint density at radius 2 is 0.677 bits per heavy atom. The SMILES string of the molecule is CC(C)(C)c1cc2c(cc1C(C)(C)C)C(Cl)(Cl)c1cc(C(C)(C)C)c(C(C)(C)C)cc1-2. The zero-order valence-corrected chi connectivity index (χ0v) is 23.1. The topological polar surface area (TPSA) is 0 Å². The van der Waals surface area contributed by atoms with Gasteiger partial charge in [0.05, 0.1) is 0 Å². The minimum absolute atomic E-state index is 0.00339. The van der Waals surface area contributed by atoms with Crippen LogP contribution in [0.1, 0.15) is 116 Å². The molecule has 0 fully saturated rings. The smallest absolute Gasteiger partial charge is 0.0909 e. The maximum absolute atomic E-state index is 7.17. The molecule has 0 amide bonds. The van der Waals surface area contributed by atoms with E-state index in [0.29, 0.717) is 0 Å². The van der Waals surface area contributed by atoms with Crippen LogP contribution in [0, 0.1) is 0 Å². The number of fused-ring (bicyclic) bond motifs is 3. The van der Waals surface area contributed by atoms with Gasteiger partial charge in [-0.15, -0.1) is 0 Å².